The minimum absolute atomic E-state index is 0.0955. The Balaban J connectivity index is 1.55. The molecule has 2 heterocycles. The molecule has 0 unspecified atom stereocenters. The maximum atomic E-state index is 11.2. The van der Waals surface area contributed by atoms with Crippen molar-refractivity contribution in [3.8, 4) is 5.75 Å². The number of likely N-dealkylation sites (tertiary alicyclic amines) is 1. The number of aryl methyl sites for hydroxylation is 1. The van der Waals surface area contributed by atoms with Crippen LogP contribution >= 0.6 is 0 Å². The van der Waals surface area contributed by atoms with Gasteiger partial charge in [0.1, 0.15) is 12.4 Å². The zero-order valence-electron chi connectivity index (χ0n) is 13.8. The summed E-state index contributed by atoms with van der Waals surface area (Å²) in [5.74, 6) is 0.650. The Kier molecular flexibility index (Phi) is 4.93. The zero-order chi connectivity index (χ0) is 17.2. The normalized spacial score (nSPS) is 18.8. The highest BCUT2D eigenvalue weighted by molar-refractivity contribution is 7.89. The molecular formula is C17H23N3O3S. The molecule has 1 aromatic carbocycles. The number of nitrogens with two attached hydrogens (primary N) is 1. The lowest BCUT2D eigenvalue weighted by atomic mass is 10.1. The van der Waals surface area contributed by atoms with Gasteiger partial charge < -0.3 is 9.30 Å². The third kappa shape index (κ3) is 3.80. The molecule has 2 aromatic rings. The number of nitrogens with zero attached hydrogens (tertiary/aromatic N) is 2. The third-order valence-electron chi connectivity index (χ3n) is 4.49. The van der Waals surface area contributed by atoms with Gasteiger partial charge in [0.15, 0.2) is 0 Å². The molecule has 0 spiro atoms. The molecule has 1 fully saturated rings. The van der Waals surface area contributed by atoms with Gasteiger partial charge in [-0.25, -0.2) is 13.6 Å². The van der Waals surface area contributed by atoms with E-state index < -0.39 is 10.0 Å². The second-order valence-electron chi connectivity index (χ2n) is 6.10. The lowest BCUT2D eigenvalue weighted by molar-refractivity contribution is 0.193. The first-order valence-electron chi connectivity index (χ1n) is 8.06. The summed E-state index contributed by atoms with van der Waals surface area (Å²) < 4.78 is 30.4. The van der Waals surface area contributed by atoms with E-state index in [4.69, 9.17) is 9.88 Å². The maximum absolute atomic E-state index is 11.2. The van der Waals surface area contributed by atoms with Gasteiger partial charge in [0.05, 0.1) is 10.9 Å². The third-order valence-corrected chi connectivity index (χ3v) is 5.42. The van der Waals surface area contributed by atoms with Crippen LogP contribution in [0.25, 0.3) is 0 Å². The summed E-state index contributed by atoms with van der Waals surface area (Å²) in [6, 6.07) is 10.9. The summed E-state index contributed by atoms with van der Waals surface area (Å²) >= 11 is 0. The van der Waals surface area contributed by atoms with Crippen LogP contribution in [0.4, 0.5) is 0 Å². The fourth-order valence-electron chi connectivity index (χ4n) is 3.26. The summed E-state index contributed by atoms with van der Waals surface area (Å²) in [6.45, 7) is 2.48. The van der Waals surface area contributed by atoms with E-state index in [0.717, 1.165) is 13.1 Å². The molecule has 1 saturated heterocycles. The molecule has 1 aliphatic heterocycles. The molecule has 0 radical (unpaired) electrons. The van der Waals surface area contributed by atoms with Crippen molar-refractivity contribution < 1.29 is 13.2 Å². The minimum atomic E-state index is -3.66. The molecule has 0 saturated carbocycles. The summed E-state index contributed by atoms with van der Waals surface area (Å²) in [5.41, 5.74) is 1.34. The van der Waals surface area contributed by atoms with Crippen molar-refractivity contribution in [3.05, 3.63) is 48.3 Å². The van der Waals surface area contributed by atoms with Crippen LogP contribution in [0.3, 0.4) is 0 Å². The molecule has 1 atom stereocenters. The first kappa shape index (κ1) is 17.0. The van der Waals surface area contributed by atoms with Crippen molar-refractivity contribution in [3.63, 3.8) is 0 Å². The van der Waals surface area contributed by atoms with Gasteiger partial charge in [-0.1, -0.05) is 0 Å². The van der Waals surface area contributed by atoms with Crippen LogP contribution in [0.2, 0.25) is 0 Å². The van der Waals surface area contributed by atoms with Crippen molar-refractivity contribution >= 4 is 10.0 Å². The summed E-state index contributed by atoms with van der Waals surface area (Å²) in [5, 5.41) is 5.09. The lowest BCUT2D eigenvalue weighted by Gasteiger charge is -2.25. The second-order valence-corrected chi connectivity index (χ2v) is 7.66. The second kappa shape index (κ2) is 6.96. The van der Waals surface area contributed by atoms with Crippen LogP contribution in [-0.2, 0) is 17.1 Å². The van der Waals surface area contributed by atoms with Crippen molar-refractivity contribution in [2.45, 2.75) is 23.8 Å². The number of sulfonamides is 1. The number of hydrogen-bond acceptors (Lipinski definition) is 4. The van der Waals surface area contributed by atoms with Crippen molar-refractivity contribution in [2.75, 3.05) is 19.7 Å². The lowest BCUT2D eigenvalue weighted by Crippen LogP contribution is -2.29. The minimum Gasteiger partial charge on any atom is -0.492 e. The standard InChI is InChI=1S/C17H23N3O3S/c1-19-10-2-4-16(19)17-5-3-11-20(17)12-13-23-14-6-8-15(9-7-14)24(18,21)22/h2,4,6-10,17H,3,5,11-13H2,1H3,(H2,18,21,22)/t17-/m1/s1. The number of primary sulfonamides is 1. The van der Waals surface area contributed by atoms with Crippen LogP contribution in [0.15, 0.2) is 47.5 Å². The number of ether oxygens (including phenoxy) is 1. The number of aromatic nitrogens is 1. The molecule has 2 N–H and O–H groups in total. The fraction of sp³-hybridized carbons (Fsp3) is 0.412. The number of hydrogen-bond donors (Lipinski definition) is 1. The molecule has 0 aliphatic carbocycles. The van der Waals surface area contributed by atoms with Gasteiger partial charge in [-0.2, -0.15) is 0 Å². The largest absolute Gasteiger partial charge is 0.492 e. The van der Waals surface area contributed by atoms with Crippen LogP contribution in [0.5, 0.6) is 5.75 Å². The Morgan fingerprint density at radius 3 is 2.62 bits per heavy atom. The van der Waals surface area contributed by atoms with E-state index >= 15 is 0 Å². The van der Waals surface area contributed by atoms with Crippen LogP contribution in [0.1, 0.15) is 24.6 Å². The predicted octanol–water partition coefficient (Wildman–Crippen LogP) is 1.89. The Morgan fingerprint density at radius 1 is 1.25 bits per heavy atom. The van der Waals surface area contributed by atoms with E-state index in [1.54, 1.807) is 12.1 Å². The Bertz CT molecular complexity index is 784. The van der Waals surface area contributed by atoms with Gasteiger partial charge in [0.25, 0.3) is 0 Å². The van der Waals surface area contributed by atoms with E-state index in [-0.39, 0.29) is 4.90 Å². The zero-order valence-corrected chi connectivity index (χ0v) is 14.6. The first-order chi connectivity index (χ1) is 11.4. The molecule has 3 rings (SSSR count). The molecule has 1 aliphatic rings. The highest BCUT2D eigenvalue weighted by Gasteiger charge is 2.27. The van der Waals surface area contributed by atoms with Gasteiger partial charge in [-0.3, -0.25) is 4.90 Å². The predicted molar refractivity (Wildman–Crippen MR) is 92.3 cm³/mol. The molecule has 6 nitrogen and oxygen atoms in total. The highest BCUT2D eigenvalue weighted by Crippen LogP contribution is 2.31. The smallest absolute Gasteiger partial charge is 0.238 e. The molecule has 130 valence electrons. The van der Waals surface area contributed by atoms with Gasteiger partial charge >= 0.3 is 0 Å². The first-order valence-corrected chi connectivity index (χ1v) is 9.61. The number of benzene rings is 1. The van der Waals surface area contributed by atoms with Crippen molar-refractivity contribution in [1.29, 1.82) is 0 Å². The number of rotatable bonds is 6. The monoisotopic (exact) mass is 349 g/mol. The van der Waals surface area contributed by atoms with E-state index in [9.17, 15) is 8.42 Å². The van der Waals surface area contributed by atoms with Crippen molar-refractivity contribution in [1.82, 2.24) is 9.47 Å². The molecule has 0 amide bonds. The van der Waals surface area contributed by atoms with E-state index in [1.807, 2.05) is 0 Å². The van der Waals surface area contributed by atoms with E-state index in [0.29, 0.717) is 18.4 Å². The quantitative estimate of drug-likeness (QED) is 0.864. The van der Waals surface area contributed by atoms with Crippen LogP contribution in [0, 0.1) is 0 Å². The van der Waals surface area contributed by atoms with Gasteiger partial charge in [-0.15, -0.1) is 0 Å². The average molecular weight is 349 g/mol. The molecule has 1 aromatic heterocycles. The molecule has 24 heavy (non-hydrogen) atoms. The van der Waals surface area contributed by atoms with Crippen molar-refractivity contribution in [2.24, 2.45) is 12.2 Å². The topological polar surface area (TPSA) is 77.6 Å². The summed E-state index contributed by atoms with van der Waals surface area (Å²) in [6.07, 6.45) is 4.44. The van der Waals surface area contributed by atoms with Gasteiger partial charge in [0.2, 0.25) is 10.0 Å². The Labute approximate surface area is 142 Å². The van der Waals surface area contributed by atoms with Gasteiger partial charge in [-0.05, 0) is 55.8 Å². The maximum Gasteiger partial charge on any atom is 0.238 e. The fourth-order valence-corrected chi connectivity index (χ4v) is 3.77. The molecular weight excluding hydrogens is 326 g/mol. The van der Waals surface area contributed by atoms with Crippen LogP contribution < -0.4 is 9.88 Å². The molecule has 7 heteroatoms. The van der Waals surface area contributed by atoms with Crippen LogP contribution in [-0.4, -0.2) is 37.6 Å². The Morgan fingerprint density at radius 2 is 2.00 bits per heavy atom. The molecule has 0 bridgehead atoms. The summed E-state index contributed by atoms with van der Waals surface area (Å²) in [7, 11) is -1.58. The SMILES string of the molecule is Cn1cccc1[C@H]1CCCN1CCOc1ccc(S(N)(=O)=O)cc1. The van der Waals surface area contributed by atoms with E-state index in [1.165, 1.54) is 30.7 Å². The van der Waals surface area contributed by atoms with Gasteiger partial charge in [0, 0.05) is 25.5 Å². The average Bonchev–Trinajstić information content (AvgIpc) is 3.15. The summed E-state index contributed by atoms with van der Waals surface area (Å²) in [4.78, 5) is 2.53. The Hall–Kier alpha value is -1.83. The van der Waals surface area contributed by atoms with E-state index in [2.05, 4.69) is 34.8 Å². The highest BCUT2D eigenvalue weighted by atomic mass is 32.2.